The van der Waals surface area contributed by atoms with Gasteiger partial charge in [0, 0.05) is 0 Å². The van der Waals surface area contributed by atoms with Gasteiger partial charge in [-0.1, -0.05) is 0 Å². The van der Waals surface area contributed by atoms with Crippen LogP contribution in [0.2, 0.25) is 10.3 Å². The van der Waals surface area contributed by atoms with Gasteiger partial charge in [-0.3, -0.25) is 0 Å². The van der Waals surface area contributed by atoms with E-state index in [1.54, 1.807) is 0 Å². The third-order valence-corrected chi connectivity index (χ3v) is 4.02. The molecule has 2 heteroatoms. The molecule has 0 bridgehead atoms. The first-order valence-electron chi connectivity index (χ1n) is 3.33. The monoisotopic (exact) mass is 232 g/mol. The van der Waals surface area contributed by atoms with Crippen molar-refractivity contribution in [2.24, 2.45) is 0 Å². The van der Waals surface area contributed by atoms with E-state index in [1.165, 1.54) is 4.46 Å². The first-order chi connectivity index (χ1) is 5.34. The first-order valence-corrected chi connectivity index (χ1v) is 5.77. The molecule has 1 rings (SSSR count). The Kier molecular flexibility index (Phi) is 3.71. The molecule has 0 fully saturated rings. The molecule has 0 saturated heterocycles. The van der Waals surface area contributed by atoms with Gasteiger partial charge in [0.05, 0.1) is 0 Å². The fourth-order valence-electron chi connectivity index (χ4n) is 0.710. The maximum absolute atomic E-state index is 5.94. The molecule has 0 unspecified atom stereocenters. The van der Waals surface area contributed by atoms with E-state index in [2.05, 4.69) is 12.6 Å². The molecule has 1 aromatic carbocycles. The molecule has 0 heterocycles. The molecule has 0 spiro atoms. The van der Waals surface area contributed by atoms with Crippen LogP contribution < -0.4 is 4.46 Å². The second-order valence-corrected chi connectivity index (χ2v) is 4.67. The molecule has 1 aromatic rings. The van der Waals surface area contributed by atoms with Crippen molar-refractivity contribution >= 4 is 31.0 Å². The minimum absolute atomic E-state index is 0.458. The molecule has 0 N–H and O–H groups in total. The molecule has 0 aliphatic carbocycles. The van der Waals surface area contributed by atoms with E-state index < -0.39 is 0 Å². The number of benzene rings is 1. The third-order valence-electron chi connectivity index (χ3n) is 1.19. The van der Waals surface area contributed by atoms with Crippen molar-refractivity contribution in [2.45, 2.75) is 5.32 Å². The van der Waals surface area contributed by atoms with Gasteiger partial charge in [-0.25, -0.2) is 0 Å². The number of hydrogen-bond donors (Lipinski definition) is 0. The normalized spacial score (nSPS) is 9.55. The van der Waals surface area contributed by atoms with Gasteiger partial charge < -0.3 is 0 Å². The summed E-state index contributed by atoms with van der Waals surface area (Å²) in [7, 11) is 0. The molecule has 0 aromatic heterocycles. The van der Waals surface area contributed by atoms with E-state index in [0.717, 1.165) is 10.3 Å². The van der Waals surface area contributed by atoms with Crippen LogP contribution in [0.5, 0.6) is 0 Å². The van der Waals surface area contributed by atoms with Gasteiger partial charge in [0.1, 0.15) is 0 Å². The molecule has 58 valence electrons. The zero-order valence-corrected chi connectivity index (χ0v) is 8.56. The average molecular weight is 232 g/mol. The fourth-order valence-corrected chi connectivity index (χ4v) is 2.55. The predicted octanol–water partition coefficient (Wildman–Crippen LogP) is 2.27. The van der Waals surface area contributed by atoms with Crippen LogP contribution in [0.25, 0.3) is 0 Å². The van der Waals surface area contributed by atoms with E-state index in [4.69, 9.17) is 11.6 Å². The van der Waals surface area contributed by atoms with Gasteiger partial charge in [-0.05, 0) is 0 Å². The van der Waals surface area contributed by atoms with Crippen LogP contribution >= 0.6 is 11.6 Å². The van der Waals surface area contributed by atoms with Crippen molar-refractivity contribution in [1.29, 1.82) is 0 Å². The fraction of sp³-hybridized carbons (Fsp3) is 0.111. The molecule has 0 amide bonds. The molecular formula is C9H9ClSe. The molecular weight excluding hydrogens is 223 g/mol. The van der Waals surface area contributed by atoms with Crippen LogP contribution in [0.3, 0.4) is 0 Å². The minimum atomic E-state index is 0.458. The summed E-state index contributed by atoms with van der Waals surface area (Å²) in [5.41, 5.74) is 0. The zero-order chi connectivity index (χ0) is 8.10. The zero-order valence-electron chi connectivity index (χ0n) is 6.09. The average Bonchev–Trinajstić information content (AvgIpc) is 2.03. The number of hydrogen-bond acceptors (Lipinski definition) is 0. The van der Waals surface area contributed by atoms with Crippen LogP contribution in [0.4, 0.5) is 0 Å². The van der Waals surface area contributed by atoms with Gasteiger partial charge in [0.25, 0.3) is 0 Å². The first kappa shape index (κ1) is 8.86. The summed E-state index contributed by atoms with van der Waals surface area (Å²) in [6.45, 7) is 3.68. The molecule has 0 aliphatic rings. The Labute approximate surface area is 78.4 Å². The van der Waals surface area contributed by atoms with Gasteiger partial charge in [-0.2, -0.15) is 0 Å². The number of halogens is 1. The van der Waals surface area contributed by atoms with Crippen LogP contribution in [-0.2, 0) is 0 Å². The summed E-state index contributed by atoms with van der Waals surface area (Å²) in [4.78, 5) is 0. The number of allylic oxidation sites excluding steroid dienone is 1. The third kappa shape index (κ3) is 2.70. The van der Waals surface area contributed by atoms with Crippen LogP contribution in [-0.4, -0.2) is 15.0 Å². The Morgan fingerprint density at radius 3 is 2.82 bits per heavy atom. The van der Waals surface area contributed by atoms with E-state index in [-0.39, 0.29) is 0 Å². The Morgan fingerprint density at radius 2 is 2.18 bits per heavy atom. The molecule has 0 radical (unpaired) electrons. The Hall–Kier alpha value is -0.231. The van der Waals surface area contributed by atoms with Crippen molar-refractivity contribution in [3.05, 3.63) is 41.9 Å². The van der Waals surface area contributed by atoms with Crippen molar-refractivity contribution in [3.8, 4) is 0 Å². The Balaban J connectivity index is 2.69. The van der Waals surface area contributed by atoms with Crippen molar-refractivity contribution in [1.82, 2.24) is 0 Å². The topological polar surface area (TPSA) is 0 Å². The molecule has 11 heavy (non-hydrogen) atoms. The van der Waals surface area contributed by atoms with Crippen molar-refractivity contribution in [3.63, 3.8) is 0 Å². The molecule has 0 saturated carbocycles. The van der Waals surface area contributed by atoms with Crippen LogP contribution in [0, 0.1) is 0 Å². The summed E-state index contributed by atoms with van der Waals surface area (Å²) < 4.78 is 1.27. The van der Waals surface area contributed by atoms with Crippen LogP contribution in [0.1, 0.15) is 0 Å². The van der Waals surface area contributed by atoms with E-state index in [9.17, 15) is 0 Å². The predicted molar refractivity (Wildman–Crippen MR) is 51.8 cm³/mol. The Bertz CT molecular complexity index is 245. The summed E-state index contributed by atoms with van der Waals surface area (Å²) in [6, 6.07) is 7.98. The second kappa shape index (κ2) is 4.61. The van der Waals surface area contributed by atoms with E-state index >= 15 is 0 Å². The van der Waals surface area contributed by atoms with Crippen molar-refractivity contribution in [2.75, 3.05) is 0 Å². The summed E-state index contributed by atoms with van der Waals surface area (Å²) in [5, 5.41) is 1.94. The summed E-state index contributed by atoms with van der Waals surface area (Å²) in [5.74, 6) is 0. The van der Waals surface area contributed by atoms with E-state index in [1.807, 2.05) is 24.3 Å². The van der Waals surface area contributed by atoms with Crippen LogP contribution in [0.15, 0.2) is 36.9 Å². The Morgan fingerprint density at radius 1 is 1.45 bits per heavy atom. The van der Waals surface area contributed by atoms with E-state index in [0.29, 0.717) is 15.0 Å². The van der Waals surface area contributed by atoms with Gasteiger partial charge in [0.2, 0.25) is 0 Å². The molecule has 0 aliphatic heterocycles. The second-order valence-electron chi connectivity index (χ2n) is 2.03. The van der Waals surface area contributed by atoms with Gasteiger partial charge in [0.15, 0.2) is 0 Å². The quantitative estimate of drug-likeness (QED) is 0.553. The number of rotatable bonds is 3. The molecule has 0 nitrogen and oxygen atoms in total. The van der Waals surface area contributed by atoms with Gasteiger partial charge in [-0.15, -0.1) is 0 Å². The summed E-state index contributed by atoms with van der Waals surface area (Å²) >= 11 is 6.40. The standard InChI is InChI=1S/C9H9ClSe/c1-2-7-11-9-6-4-3-5-8(9)10/h2-6H,1,7H2. The van der Waals surface area contributed by atoms with Crippen molar-refractivity contribution < 1.29 is 0 Å². The van der Waals surface area contributed by atoms with Gasteiger partial charge >= 0.3 is 78.3 Å². The maximum atomic E-state index is 5.94. The molecule has 0 atom stereocenters. The summed E-state index contributed by atoms with van der Waals surface area (Å²) in [6.07, 6.45) is 1.93. The SMILES string of the molecule is C=CC[Se]c1ccccc1Cl.